The molecule has 108 valence electrons. The molecule has 0 unspecified atom stereocenters. The van der Waals surface area contributed by atoms with Gasteiger partial charge >= 0.3 is 5.97 Å². The van der Waals surface area contributed by atoms with Crippen LogP contribution in [0.4, 0.5) is 0 Å². The van der Waals surface area contributed by atoms with Gasteiger partial charge in [-0.15, -0.1) is 0 Å². The van der Waals surface area contributed by atoms with Crippen LogP contribution in [0.2, 0.25) is 0 Å². The lowest BCUT2D eigenvalue weighted by Crippen LogP contribution is -2.38. The Morgan fingerprint density at radius 1 is 1.45 bits per heavy atom. The molecule has 1 aliphatic heterocycles. The third-order valence-corrected chi connectivity index (χ3v) is 3.38. The van der Waals surface area contributed by atoms with Crippen molar-refractivity contribution in [1.82, 2.24) is 4.90 Å². The normalized spacial score (nSPS) is 14.1. The van der Waals surface area contributed by atoms with Crippen LogP contribution in [0, 0.1) is 0 Å². The van der Waals surface area contributed by atoms with Gasteiger partial charge in [0, 0.05) is 25.1 Å². The number of fused-ring (bicyclic) bond motifs is 1. The number of amides is 1. The maximum Gasteiger partial charge on any atom is 0.303 e. The van der Waals surface area contributed by atoms with Gasteiger partial charge in [0.1, 0.15) is 5.75 Å². The van der Waals surface area contributed by atoms with E-state index in [0.29, 0.717) is 37.4 Å². The zero-order chi connectivity index (χ0) is 14.5. The lowest BCUT2D eigenvalue weighted by Gasteiger charge is -2.28. The number of benzene rings is 1. The first-order valence-electron chi connectivity index (χ1n) is 6.88. The van der Waals surface area contributed by atoms with Crippen molar-refractivity contribution in [2.45, 2.75) is 26.2 Å². The van der Waals surface area contributed by atoms with Crippen LogP contribution < -0.4 is 4.74 Å². The highest BCUT2D eigenvalue weighted by molar-refractivity contribution is 5.97. The standard InChI is InChI=1S/C15H19NO4/c1-2-20-12-6-5-11-7-9-16(8-3-4-14(17)18)15(19)13(11)10-12/h5-6,10H,2-4,7-9H2,1H3,(H,17,18). The highest BCUT2D eigenvalue weighted by Gasteiger charge is 2.24. The van der Waals surface area contributed by atoms with Crippen molar-refractivity contribution in [2.24, 2.45) is 0 Å². The van der Waals surface area contributed by atoms with Crippen molar-refractivity contribution in [3.63, 3.8) is 0 Å². The summed E-state index contributed by atoms with van der Waals surface area (Å²) in [5, 5.41) is 8.64. The summed E-state index contributed by atoms with van der Waals surface area (Å²) in [6.07, 6.45) is 1.39. The van der Waals surface area contributed by atoms with E-state index < -0.39 is 5.97 Å². The molecule has 1 N–H and O–H groups in total. The van der Waals surface area contributed by atoms with Crippen LogP contribution in [-0.4, -0.2) is 41.6 Å². The summed E-state index contributed by atoms with van der Waals surface area (Å²) in [5.74, 6) is -0.154. The van der Waals surface area contributed by atoms with E-state index in [1.54, 1.807) is 11.0 Å². The largest absolute Gasteiger partial charge is 0.494 e. The zero-order valence-electron chi connectivity index (χ0n) is 11.6. The molecule has 0 fully saturated rings. The van der Waals surface area contributed by atoms with Gasteiger partial charge in [0.25, 0.3) is 5.91 Å². The topological polar surface area (TPSA) is 66.8 Å². The van der Waals surface area contributed by atoms with E-state index in [2.05, 4.69) is 0 Å². The summed E-state index contributed by atoms with van der Waals surface area (Å²) in [7, 11) is 0. The third-order valence-electron chi connectivity index (χ3n) is 3.38. The molecule has 1 aromatic rings. The highest BCUT2D eigenvalue weighted by Crippen LogP contribution is 2.24. The molecule has 0 saturated carbocycles. The van der Waals surface area contributed by atoms with Gasteiger partial charge in [0.15, 0.2) is 0 Å². The number of hydrogen-bond acceptors (Lipinski definition) is 3. The van der Waals surface area contributed by atoms with E-state index in [0.717, 1.165) is 12.0 Å². The van der Waals surface area contributed by atoms with Gasteiger partial charge in [-0.05, 0) is 37.5 Å². The predicted octanol–water partition coefficient (Wildman–Crippen LogP) is 1.95. The fourth-order valence-electron chi connectivity index (χ4n) is 2.39. The number of rotatable bonds is 6. The Bertz CT molecular complexity index is 513. The summed E-state index contributed by atoms with van der Waals surface area (Å²) in [6, 6.07) is 5.60. The van der Waals surface area contributed by atoms with Crippen LogP contribution in [0.25, 0.3) is 0 Å². The fraction of sp³-hybridized carbons (Fsp3) is 0.467. The molecular formula is C15H19NO4. The summed E-state index contributed by atoms with van der Waals surface area (Å²) >= 11 is 0. The second-order valence-corrected chi connectivity index (χ2v) is 4.79. The van der Waals surface area contributed by atoms with Crippen molar-refractivity contribution in [1.29, 1.82) is 0 Å². The van der Waals surface area contributed by atoms with Crippen LogP contribution >= 0.6 is 0 Å². The Morgan fingerprint density at radius 3 is 2.95 bits per heavy atom. The van der Waals surface area contributed by atoms with Gasteiger partial charge in [-0.2, -0.15) is 0 Å². The van der Waals surface area contributed by atoms with E-state index in [9.17, 15) is 9.59 Å². The van der Waals surface area contributed by atoms with E-state index in [1.165, 1.54) is 0 Å². The third kappa shape index (κ3) is 3.29. The molecular weight excluding hydrogens is 258 g/mol. The maximum atomic E-state index is 12.4. The zero-order valence-corrected chi connectivity index (χ0v) is 11.6. The molecule has 1 aliphatic rings. The number of carbonyl (C=O) groups excluding carboxylic acids is 1. The number of carboxylic acids is 1. The molecule has 0 aromatic heterocycles. The molecule has 0 radical (unpaired) electrons. The van der Waals surface area contributed by atoms with Gasteiger partial charge in [0.05, 0.1) is 6.61 Å². The molecule has 0 bridgehead atoms. The van der Waals surface area contributed by atoms with Gasteiger partial charge in [-0.25, -0.2) is 0 Å². The predicted molar refractivity (Wildman–Crippen MR) is 74.1 cm³/mol. The van der Waals surface area contributed by atoms with Gasteiger partial charge < -0.3 is 14.7 Å². The Balaban J connectivity index is 2.07. The lowest BCUT2D eigenvalue weighted by molar-refractivity contribution is -0.137. The van der Waals surface area contributed by atoms with Crippen LogP contribution in [0.1, 0.15) is 35.7 Å². The van der Waals surface area contributed by atoms with Crippen LogP contribution in [0.5, 0.6) is 5.75 Å². The molecule has 0 aliphatic carbocycles. The van der Waals surface area contributed by atoms with Crippen molar-refractivity contribution >= 4 is 11.9 Å². The minimum absolute atomic E-state index is 0.0295. The summed E-state index contributed by atoms with van der Waals surface area (Å²) in [6.45, 7) is 3.61. The van der Waals surface area contributed by atoms with E-state index in [4.69, 9.17) is 9.84 Å². The highest BCUT2D eigenvalue weighted by atomic mass is 16.5. The Morgan fingerprint density at radius 2 is 2.25 bits per heavy atom. The molecule has 5 nitrogen and oxygen atoms in total. The van der Waals surface area contributed by atoms with Crippen LogP contribution in [-0.2, 0) is 11.2 Å². The summed E-state index contributed by atoms with van der Waals surface area (Å²) < 4.78 is 5.42. The number of carboxylic acid groups (broad SMARTS) is 1. The number of hydrogen-bond donors (Lipinski definition) is 1. The minimum Gasteiger partial charge on any atom is -0.494 e. The van der Waals surface area contributed by atoms with Gasteiger partial charge in [-0.1, -0.05) is 6.07 Å². The monoisotopic (exact) mass is 277 g/mol. The van der Waals surface area contributed by atoms with Crippen molar-refractivity contribution in [3.8, 4) is 5.75 Å². The molecule has 2 rings (SSSR count). The van der Waals surface area contributed by atoms with E-state index in [-0.39, 0.29) is 12.3 Å². The van der Waals surface area contributed by atoms with Crippen molar-refractivity contribution in [2.75, 3.05) is 19.7 Å². The molecule has 1 heterocycles. The van der Waals surface area contributed by atoms with Crippen LogP contribution in [0.3, 0.4) is 0 Å². The number of nitrogens with zero attached hydrogens (tertiary/aromatic N) is 1. The first-order valence-corrected chi connectivity index (χ1v) is 6.88. The number of aliphatic carboxylic acids is 1. The molecule has 0 saturated heterocycles. The molecule has 1 amide bonds. The van der Waals surface area contributed by atoms with Crippen LogP contribution in [0.15, 0.2) is 18.2 Å². The quantitative estimate of drug-likeness (QED) is 0.863. The van der Waals surface area contributed by atoms with Crippen molar-refractivity contribution < 1.29 is 19.4 Å². The average molecular weight is 277 g/mol. The summed E-state index contributed by atoms with van der Waals surface area (Å²) in [5.41, 5.74) is 1.71. The first kappa shape index (κ1) is 14.4. The van der Waals surface area contributed by atoms with Gasteiger partial charge in [-0.3, -0.25) is 9.59 Å². The molecule has 5 heteroatoms. The van der Waals surface area contributed by atoms with E-state index in [1.807, 2.05) is 19.1 Å². The Labute approximate surface area is 118 Å². The summed E-state index contributed by atoms with van der Waals surface area (Å²) in [4.78, 5) is 24.6. The maximum absolute atomic E-state index is 12.4. The smallest absolute Gasteiger partial charge is 0.303 e. The number of carbonyl (C=O) groups is 2. The average Bonchev–Trinajstić information content (AvgIpc) is 2.42. The Hall–Kier alpha value is -2.04. The second-order valence-electron chi connectivity index (χ2n) is 4.79. The fourth-order valence-corrected chi connectivity index (χ4v) is 2.39. The lowest BCUT2D eigenvalue weighted by atomic mass is 9.98. The Kier molecular flexibility index (Phi) is 4.61. The second kappa shape index (κ2) is 6.41. The molecule has 0 atom stereocenters. The molecule has 0 spiro atoms. The van der Waals surface area contributed by atoms with E-state index >= 15 is 0 Å². The SMILES string of the molecule is CCOc1ccc2c(c1)C(=O)N(CCCC(=O)O)CC2. The first-order chi connectivity index (χ1) is 9.61. The minimum atomic E-state index is -0.825. The molecule has 1 aromatic carbocycles. The van der Waals surface area contributed by atoms with Crippen molar-refractivity contribution in [3.05, 3.63) is 29.3 Å². The number of ether oxygens (including phenoxy) is 1. The molecule has 20 heavy (non-hydrogen) atoms. The van der Waals surface area contributed by atoms with Gasteiger partial charge in [0.2, 0.25) is 0 Å².